The maximum Gasteiger partial charge on any atom is 0.334 e. The molecule has 5 nitrogen and oxygen atoms in total. The number of aliphatic hydroxyl groups is 2. The van der Waals surface area contributed by atoms with E-state index in [1.807, 2.05) is 13.0 Å². The van der Waals surface area contributed by atoms with Crippen molar-refractivity contribution in [3.63, 3.8) is 0 Å². The van der Waals surface area contributed by atoms with Gasteiger partial charge in [-0.25, -0.2) is 4.79 Å². The average Bonchev–Trinajstić information content (AvgIpc) is 3.60. The van der Waals surface area contributed by atoms with Crippen molar-refractivity contribution in [2.75, 3.05) is 0 Å². The van der Waals surface area contributed by atoms with E-state index in [1.54, 1.807) is 0 Å². The molecule has 2 N–H and O–H groups in total. The van der Waals surface area contributed by atoms with Crippen LogP contribution in [0.15, 0.2) is 11.6 Å². The minimum atomic E-state index is -0.400. The summed E-state index contributed by atoms with van der Waals surface area (Å²) in [6, 6.07) is 0. The summed E-state index contributed by atoms with van der Waals surface area (Å²) in [7, 11) is 0. The van der Waals surface area contributed by atoms with Gasteiger partial charge in [-0.05, 0) is 51.5 Å². The van der Waals surface area contributed by atoms with Crippen LogP contribution >= 0.6 is 0 Å². The lowest BCUT2D eigenvalue weighted by Crippen LogP contribution is -2.31. The summed E-state index contributed by atoms with van der Waals surface area (Å²) in [6.07, 6.45) is 33.4. The lowest BCUT2D eigenvalue weighted by molar-refractivity contribution is -0.139. The molecular formula is C37H68O5. The first-order valence-electron chi connectivity index (χ1n) is 18.4. The molecule has 2 aliphatic rings. The Morgan fingerprint density at radius 3 is 1.40 bits per heavy atom. The number of cyclic esters (lactones) is 1. The van der Waals surface area contributed by atoms with Crippen LogP contribution in [0.3, 0.4) is 0 Å². The Morgan fingerprint density at radius 1 is 0.643 bits per heavy atom. The van der Waals surface area contributed by atoms with Crippen LogP contribution in [-0.4, -0.2) is 46.7 Å². The highest BCUT2D eigenvalue weighted by atomic mass is 16.5. The molecule has 0 aromatic rings. The summed E-state index contributed by atoms with van der Waals surface area (Å²) in [5.74, 6) is -0.125. The molecule has 0 spiro atoms. The summed E-state index contributed by atoms with van der Waals surface area (Å²) in [5.41, 5.74) is 0.859. The molecule has 0 saturated carbocycles. The second-order valence-corrected chi connectivity index (χ2v) is 13.5. The Hall–Kier alpha value is -0.910. The van der Waals surface area contributed by atoms with E-state index in [1.165, 1.54) is 116 Å². The van der Waals surface area contributed by atoms with Crippen LogP contribution < -0.4 is 0 Å². The predicted molar refractivity (Wildman–Crippen MR) is 175 cm³/mol. The number of rotatable bonds is 28. The Bertz CT molecular complexity index is 692. The largest absolute Gasteiger partial charge is 0.455 e. The smallest absolute Gasteiger partial charge is 0.334 e. The highest BCUT2D eigenvalue weighted by Gasteiger charge is 2.34. The van der Waals surface area contributed by atoms with Crippen LogP contribution in [0.25, 0.3) is 0 Å². The second-order valence-electron chi connectivity index (χ2n) is 13.5. The van der Waals surface area contributed by atoms with E-state index >= 15 is 0 Å². The van der Waals surface area contributed by atoms with Crippen LogP contribution in [-0.2, 0) is 14.3 Å². The second kappa shape index (κ2) is 24.4. The Balaban J connectivity index is 1.34. The van der Waals surface area contributed by atoms with Crippen LogP contribution in [0.1, 0.15) is 187 Å². The van der Waals surface area contributed by atoms with E-state index in [0.717, 1.165) is 63.4 Å². The molecule has 5 atom stereocenters. The third-order valence-corrected chi connectivity index (χ3v) is 9.48. The molecule has 42 heavy (non-hydrogen) atoms. The fourth-order valence-electron chi connectivity index (χ4n) is 6.72. The molecule has 2 aliphatic heterocycles. The molecule has 1 saturated heterocycles. The summed E-state index contributed by atoms with van der Waals surface area (Å²) >= 11 is 0. The molecule has 0 aliphatic carbocycles. The molecular weight excluding hydrogens is 524 g/mol. The van der Waals surface area contributed by atoms with Crippen molar-refractivity contribution in [1.29, 1.82) is 0 Å². The number of ether oxygens (including phenoxy) is 2. The van der Waals surface area contributed by atoms with Gasteiger partial charge in [0.25, 0.3) is 0 Å². The first-order chi connectivity index (χ1) is 20.5. The molecule has 1 unspecified atom stereocenters. The summed E-state index contributed by atoms with van der Waals surface area (Å²) in [5, 5.41) is 21.3. The quantitative estimate of drug-likeness (QED) is 0.0698. The molecule has 0 aromatic heterocycles. The summed E-state index contributed by atoms with van der Waals surface area (Å²) in [4.78, 5) is 11.6. The molecule has 0 radical (unpaired) electrons. The zero-order valence-electron chi connectivity index (χ0n) is 27.7. The molecule has 246 valence electrons. The number of esters is 1. The van der Waals surface area contributed by atoms with Gasteiger partial charge in [-0.3, -0.25) is 0 Å². The summed E-state index contributed by atoms with van der Waals surface area (Å²) < 4.78 is 11.3. The van der Waals surface area contributed by atoms with Crippen molar-refractivity contribution in [3.8, 4) is 0 Å². The number of unbranched alkanes of at least 4 members (excludes halogenated alkanes) is 20. The highest BCUT2D eigenvalue weighted by Crippen LogP contribution is 2.28. The molecule has 0 amide bonds. The Labute approximate surface area is 259 Å². The minimum absolute atomic E-state index is 0.0528. The third-order valence-electron chi connectivity index (χ3n) is 9.48. The molecule has 2 rings (SSSR count). The van der Waals surface area contributed by atoms with Gasteiger partial charge in [0.15, 0.2) is 0 Å². The standard InChI is InChI=1S/C37H68O5/c1-3-4-5-6-7-8-9-10-11-12-13-17-20-23-26-33(38)35-28-29-36(42-35)34(39)27-24-21-18-15-14-16-19-22-25-32-30-31(2)41-37(32)40/h30-31,33-36,38-39H,3-29H2,1-2H3/t31?,33-,34+,35-,36+/m1/s1. The van der Waals surface area contributed by atoms with Crippen molar-refractivity contribution in [3.05, 3.63) is 11.6 Å². The zero-order valence-corrected chi connectivity index (χ0v) is 27.7. The number of hydrogen-bond acceptors (Lipinski definition) is 5. The molecule has 0 aromatic carbocycles. The molecule has 0 bridgehead atoms. The van der Waals surface area contributed by atoms with E-state index in [0.29, 0.717) is 0 Å². The third kappa shape index (κ3) is 17.4. The van der Waals surface area contributed by atoms with Crippen LogP contribution in [0.5, 0.6) is 0 Å². The van der Waals surface area contributed by atoms with Gasteiger partial charge in [-0.15, -0.1) is 0 Å². The average molecular weight is 593 g/mol. The Kier molecular flexibility index (Phi) is 21.7. The van der Waals surface area contributed by atoms with Gasteiger partial charge in [0.1, 0.15) is 6.10 Å². The SMILES string of the molecule is CCCCCCCCCCCCCCCC[C@@H](O)[C@H]1CC[C@@H]([C@@H](O)CCCCCCCCCCC2=CC(C)OC2=O)O1. The molecule has 2 heterocycles. The number of carbonyl (C=O) groups is 1. The van der Waals surface area contributed by atoms with E-state index in [9.17, 15) is 15.0 Å². The van der Waals surface area contributed by atoms with Crippen molar-refractivity contribution in [1.82, 2.24) is 0 Å². The number of carbonyl (C=O) groups excluding carboxylic acids is 1. The number of hydrogen-bond donors (Lipinski definition) is 2. The van der Waals surface area contributed by atoms with Gasteiger partial charge in [-0.2, -0.15) is 0 Å². The van der Waals surface area contributed by atoms with E-state index in [2.05, 4.69) is 6.92 Å². The van der Waals surface area contributed by atoms with Crippen molar-refractivity contribution in [2.24, 2.45) is 0 Å². The fourth-order valence-corrected chi connectivity index (χ4v) is 6.72. The van der Waals surface area contributed by atoms with E-state index in [-0.39, 0.29) is 30.4 Å². The topological polar surface area (TPSA) is 76.0 Å². The van der Waals surface area contributed by atoms with Crippen molar-refractivity contribution >= 4 is 5.97 Å². The van der Waals surface area contributed by atoms with Gasteiger partial charge < -0.3 is 19.7 Å². The normalized spacial score (nSPS) is 22.0. The lowest BCUT2D eigenvalue weighted by Gasteiger charge is -2.22. The van der Waals surface area contributed by atoms with Gasteiger partial charge >= 0.3 is 5.97 Å². The Morgan fingerprint density at radius 2 is 1.02 bits per heavy atom. The first kappa shape index (κ1) is 37.3. The zero-order chi connectivity index (χ0) is 30.3. The van der Waals surface area contributed by atoms with Crippen molar-refractivity contribution in [2.45, 2.75) is 218 Å². The van der Waals surface area contributed by atoms with Crippen LogP contribution in [0, 0.1) is 0 Å². The monoisotopic (exact) mass is 593 g/mol. The van der Waals surface area contributed by atoms with Crippen LogP contribution in [0.4, 0.5) is 0 Å². The van der Waals surface area contributed by atoms with E-state index in [4.69, 9.17) is 9.47 Å². The lowest BCUT2D eigenvalue weighted by atomic mass is 10.00. The van der Waals surface area contributed by atoms with Crippen molar-refractivity contribution < 1.29 is 24.5 Å². The minimum Gasteiger partial charge on any atom is -0.455 e. The first-order valence-corrected chi connectivity index (χ1v) is 18.4. The van der Waals surface area contributed by atoms with Gasteiger partial charge in [0, 0.05) is 5.57 Å². The highest BCUT2D eigenvalue weighted by molar-refractivity contribution is 5.90. The predicted octanol–water partition coefficient (Wildman–Crippen LogP) is 9.90. The molecule has 5 heteroatoms. The number of aliphatic hydroxyl groups excluding tert-OH is 2. The maximum atomic E-state index is 11.6. The maximum absolute atomic E-state index is 11.6. The van der Waals surface area contributed by atoms with Gasteiger partial charge in [-0.1, -0.05) is 142 Å². The molecule has 1 fully saturated rings. The van der Waals surface area contributed by atoms with Gasteiger partial charge in [0.2, 0.25) is 0 Å². The van der Waals surface area contributed by atoms with E-state index < -0.39 is 6.10 Å². The fraction of sp³-hybridized carbons (Fsp3) is 0.919. The van der Waals surface area contributed by atoms with Crippen LogP contribution in [0.2, 0.25) is 0 Å². The van der Waals surface area contributed by atoms with Gasteiger partial charge in [0.05, 0.1) is 24.4 Å². The summed E-state index contributed by atoms with van der Waals surface area (Å²) in [6.45, 7) is 4.19.